The summed E-state index contributed by atoms with van der Waals surface area (Å²) in [7, 11) is 3.60. The Morgan fingerprint density at radius 1 is 0.580 bits per heavy atom. The van der Waals surface area contributed by atoms with Gasteiger partial charge in [-0.25, -0.2) is 9.59 Å². The van der Waals surface area contributed by atoms with Crippen molar-refractivity contribution >= 4 is 105 Å². The average molecular weight is 1160 g/mol. The normalized spacial score (nSPS) is 14.3. The number of nitrogens with one attached hydrogen (secondary N) is 10. The second-order valence-corrected chi connectivity index (χ2v) is 20.6. The zero-order valence-corrected chi connectivity index (χ0v) is 47.8. The van der Waals surface area contributed by atoms with E-state index in [1.807, 2.05) is 4.90 Å². The van der Waals surface area contributed by atoms with Gasteiger partial charge in [-0.3, -0.25) is 52.9 Å². The van der Waals surface area contributed by atoms with Gasteiger partial charge in [-0.1, -0.05) is 19.9 Å². The van der Waals surface area contributed by atoms with Crippen LogP contribution in [0.3, 0.4) is 0 Å². The molecule has 0 fully saturated rings. The molecule has 0 aromatic heterocycles. The van der Waals surface area contributed by atoms with E-state index in [1.165, 1.54) is 51.6 Å². The quantitative estimate of drug-likeness (QED) is 0.0189. The number of carbonyl (C=O) groups excluding carboxylic acids is 10. The fourth-order valence-electron chi connectivity index (χ4n) is 7.54. The number of aliphatic hydroxyl groups excluding tert-OH is 1. The number of amides is 10. The van der Waals surface area contributed by atoms with Gasteiger partial charge in [0.1, 0.15) is 54.4 Å². The molecule has 0 saturated heterocycles. The number of hydrogen-bond acceptors (Lipinski definition) is 16. The molecule has 2 rings (SSSR count). The van der Waals surface area contributed by atoms with Crippen LogP contribution in [0.2, 0.25) is 0 Å². The second kappa shape index (κ2) is 33.3. The smallest absolute Gasteiger partial charge is 0.336 e. The van der Waals surface area contributed by atoms with Gasteiger partial charge in [0, 0.05) is 39.8 Å². The van der Waals surface area contributed by atoms with E-state index < -0.39 is 139 Å². The zero-order chi connectivity index (χ0) is 61.4. The van der Waals surface area contributed by atoms with Crippen molar-refractivity contribution < 1.29 is 72.9 Å². The number of carboxylic acid groups (broad SMARTS) is 2. The molecule has 9 atom stereocenters. The highest BCUT2D eigenvalue weighted by Gasteiger charge is 2.33. The summed E-state index contributed by atoms with van der Waals surface area (Å²) in [6.07, 6.45) is 1.72. The van der Waals surface area contributed by atoms with Crippen molar-refractivity contribution in [2.75, 3.05) is 50.7 Å². The molecule has 30 heteroatoms. The number of aliphatic hydroxyl groups is 1. The predicted molar refractivity (Wildman–Crippen MR) is 300 cm³/mol. The van der Waals surface area contributed by atoms with Gasteiger partial charge in [0.05, 0.1) is 17.7 Å². The van der Waals surface area contributed by atoms with Crippen LogP contribution in [0.4, 0.5) is 5.69 Å². The number of guanidine groups is 1. The summed E-state index contributed by atoms with van der Waals surface area (Å²) in [5, 5.41) is 55.0. The molecule has 17 N–H and O–H groups in total. The first-order valence-electron chi connectivity index (χ1n) is 25.8. The predicted octanol–water partition coefficient (Wildman–Crippen LogP) is -3.27. The van der Waals surface area contributed by atoms with Gasteiger partial charge in [-0.2, -0.15) is 11.8 Å². The summed E-state index contributed by atoms with van der Waals surface area (Å²) in [5.41, 5.74) is 11.1. The van der Waals surface area contributed by atoms with Crippen LogP contribution >= 0.6 is 11.8 Å². The third-order valence-electron chi connectivity index (χ3n) is 12.1. The lowest BCUT2D eigenvalue weighted by atomic mass is 9.99. The summed E-state index contributed by atoms with van der Waals surface area (Å²) in [6.45, 7) is 8.21. The summed E-state index contributed by atoms with van der Waals surface area (Å²) in [5.74, 6) is -11.5. The number of nitrogens with two attached hydrogens (primary N) is 2. The van der Waals surface area contributed by atoms with Crippen molar-refractivity contribution in [3.05, 3.63) is 41.5 Å². The number of aliphatic imine (C=N–C) groups is 1. The number of benzene rings is 2. The highest BCUT2D eigenvalue weighted by Crippen LogP contribution is 2.25. The molecule has 0 saturated carbocycles. The van der Waals surface area contributed by atoms with Gasteiger partial charge in [-0.15, -0.1) is 0 Å². The molecule has 0 radical (unpaired) electrons. The van der Waals surface area contributed by atoms with Crippen molar-refractivity contribution in [2.45, 2.75) is 129 Å². The Hall–Kier alpha value is -8.28. The number of thioether (sulfide) groups is 1. The molecule has 0 bridgehead atoms. The number of aromatic carboxylic acids is 1. The standard InChI is InChI=1S/C51H78N14O15S/c1-24(2)18-37(50(79)80)63-43(71)28(6)58-41(69)26(4)56-40(68)25(3)57-42(70)27(5)59-45(73)36(15-17-81-10)62-48(76)39(23-66)64-46(74)35(12-11-16-54-51(52)53)61-47(75)38(60-29(7)67)22-55-44(72)33-21-31-19-32(65(8)9)14-13-30(31)20-34(33)49(77)78/h13-14,19-21,24-28,35-39,66H,11-12,15-18,22-23H2,1-10H3,(H,55,72)(H,56,68)(H,57,70)(H,58,69)(H,59,73)(H,60,67)(H,61,75)(H,62,76)(H,63,71)(H,64,74)(H,77,78)(H,79,80)(H4,52,53,54)/t25-,26-,27-,28-,35-,36-,37-,38-,39-/m0/s1. The first kappa shape index (κ1) is 68.8. The Labute approximate surface area is 472 Å². The molecule has 29 nitrogen and oxygen atoms in total. The Balaban J connectivity index is 2.19. The Kier molecular flexibility index (Phi) is 28.3. The number of anilines is 1. The summed E-state index contributed by atoms with van der Waals surface area (Å²) < 4.78 is 0. The highest BCUT2D eigenvalue weighted by molar-refractivity contribution is 7.98. The van der Waals surface area contributed by atoms with Gasteiger partial charge in [0.25, 0.3) is 5.91 Å². The second-order valence-electron chi connectivity index (χ2n) is 19.6. The highest BCUT2D eigenvalue weighted by atomic mass is 32.2. The molecule has 2 aromatic rings. The summed E-state index contributed by atoms with van der Waals surface area (Å²) in [4.78, 5) is 162. The van der Waals surface area contributed by atoms with Crippen molar-refractivity contribution in [1.29, 1.82) is 0 Å². The van der Waals surface area contributed by atoms with Crippen LogP contribution in [0.5, 0.6) is 0 Å². The van der Waals surface area contributed by atoms with E-state index in [-0.39, 0.29) is 55.2 Å². The molecule has 0 heterocycles. The average Bonchev–Trinajstić information content (AvgIpc) is 3.39. The van der Waals surface area contributed by atoms with Crippen LogP contribution in [0.15, 0.2) is 35.3 Å². The van der Waals surface area contributed by atoms with Crippen molar-refractivity contribution in [3.63, 3.8) is 0 Å². The van der Waals surface area contributed by atoms with Crippen LogP contribution in [0.1, 0.15) is 94.9 Å². The minimum absolute atomic E-state index is 0.0171. The third kappa shape index (κ3) is 23.1. The van der Waals surface area contributed by atoms with E-state index in [4.69, 9.17) is 11.5 Å². The van der Waals surface area contributed by atoms with E-state index in [0.717, 1.165) is 12.6 Å². The number of carboxylic acids is 2. The topological polar surface area (TPSA) is 453 Å². The summed E-state index contributed by atoms with van der Waals surface area (Å²) in [6, 6.07) is -4.44. The van der Waals surface area contributed by atoms with Crippen molar-refractivity contribution in [1.82, 2.24) is 53.2 Å². The molecule has 0 unspecified atom stereocenters. The molecule has 81 heavy (non-hydrogen) atoms. The van der Waals surface area contributed by atoms with Crippen molar-refractivity contribution in [3.8, 4) is 0 Å². The minimum Gasteiger partial charge on any atom is -0.480 e. The first-order valence-corrected chi connectivity index (χ1v) is 27.1. The molecule has 0 aliphatic rings. The monoisotopic (exact) mass is 1160 g/mol. The molecular weight excluding hydrogens is 1080 g/mol. The minimum atomic E-state index is -1.74. The molecular formula is C51H78N14O15S. The molecule has 2 aromatic carbocycles. The largest absolute Gasteiger partial charge is 0.480 e. The molecule has 448 valence electrons. The van der Waals surface area contributed by atoms with Gasteiger partial charge >= 0.3 is 11.9 Å². The Morgan fingerprint density at radius 2 is 1.04 bits per heavy atom. The fraction of sp³-hybridized carbons (Fsp3) is 0.549. The summed E-state index contributed by atoms with van der Waals surface area (Å²) >= 11 is 1.30. The number of nitrogens with zero attached hydrogens (tertiary/aromatic N) is 2. The van der Waals surface area contributed by atoms with Crippen LogP contribution in [-0.4, -0.2) is 192 Å². The van der Waals surface area contributed by atoms with E-state index in [2.05, 4.69) is 58.2 Å². The molecule has 0 aliphatic heterocycles. The third-order valence-corrected chi connectivity index (χ3v) is 12.7. The van der Waals surface area contributed by atoms with Crippen LogP contribution < -0.4 is 69.5 Å². The number of rotatable bonds is 33. The molecule has 0 aliphatic carbocycles. The Bertz CT molecular complexity index is 2650. The zero-order valence-electron chi connectivity index (χ0n) is 47.0. The SMILES string of the molecule is CSCC[C@H](NC(=O)[C@H](CO)NC(=O)[C@H](CCCN=C(N)N)NC(=O)[C@H](CNC(=O)c1cc2cc(N(C)C)ccc2cc1C(=O)O)NC(C)=O)C(=O)N[C@@H](C)C(=O)N[C@@H](C)C(=O)N[C@@H](C)C(=O)N[C@@H](C)C(=O)N[C@@H](CC(C)C)C(=O)O. The lowest BCUT2D eigenvalue weighted by molar-refractivity contribution is -0.142. The lowest BCUT2D eigenvalue weighted by Crippen LogP contribution is -2.60. The number of hydrogen-bond donors (Lipinski definition) is 15. The van der Waals surface area contributed by atoms with Gasteiger partial charge in [-0.05, 0) is 106 Å². The number of fused-ring (bicyclic) bond motifs is 1. The van der Waals surface area contributed by atoms with E-state index in [9.17, 15) is 72.9 Å². The maximum atomic E-state index is 13.9. The maximum absolute atomic E-state index is 13.9. The van der Waals surface area contributed by atoms with Gasteiger partial charge < -0.3 is 84.9 Å². The first-order chi connectivity index (χ1) is 37.9. The van der Waals surface area contributed by atoms with Crippen molar-refractivity contribution in [2.24, 2.45) is 22.4 Å². The van der Waals surface area contributed by atoms with E-state index >= 15 is 0 Å². The van der Waals surface area contributed by atoms with E-state index in [1.54, 1.807) is 52.4 Å². The van der Waals surface area contributed by atoms with Crippen LogP contribution in [-0.2, 0) is 47.9 Å². The molecule has 0 spiro atoms. The van der Waals surface area contributed by atoms with Crippen LogP contribution in [0.25, 0.3) is 10.8 Å². The Morgan fingerprint density at radius 3 is 1.51 bits per heavy atom. The van der Waals surface area contributed by atoms with Gasteiger partial charge in [0.2, 0.25) is 53.2 Å². The van der Waals surface area contributed by atoms with E-state index in [0.29, 0.717) is 16.5 Å². The number of aliphatic carboxylic acids is 1. The maximum Gasteiger partial charge on any atom is 0.336 e. The molecule has 10 amide bonds. The van der Waals surface area contributed by atoms with Gasteiger partial charge in [0.15, 0.2) is 5.96 Å². The van der Waals surface area contributed by atoms with Crippen LogP contribution in [0, 0.1) is 5.92 Å². The lowest BCUT2D eigenvalue weighted by Gasteiger charge is -2.26. The fourth-order valence-corrected chi connectivity index (χ4v) is 8.01. The number of carbonyl (C=O) groups is 12.